The maximum atomic E-state index is 12.5. The molecule has 2 heterocycles. The zero-order valence-corrected chi connectivity index (χ0v) is 14.1. The number of rotatable bonds is 2. The highest BCUT2D eigenvalue weighted by atomic mass is 35.5. The van der Waals surface area contributed by atoms with Crippen molar-refractivity contribution in [3.05, 3.63) is 34.9 Å². The summed E-state index contributed by atoms with van der Waals surface area (Å²) in [5.74, 6) is 0.382. The Kier molecular flexibility index (Phi) is 5.21. The molecule has 2 fully saturated rings. The number of amides is 2. The molecule has 0 radical (unpaired) electrons. The number of benzene rings is 1. The second kappa shape index (κ2) is 7.35. The van der Waals surface area contributed by atoms with Crippen molar-refractivity contribution in [2.24, 2.45) is 5.92 Å². The van der Waals surface area contributed by atoms with E-state index in [9.17, 15) is 9.59 Å². The molecule has 0 bridgehead atoms. The average Bonchev–Trinajstić information content (AvgIpc) is 2.61. The Morgan fingerprint density at radius 3 is 2.30 bits per heavy atom. The first kappa shape index (κ1) is 16.3. The lowest BCUT2D eigenvalue weighted by Gasteiger charge is -2.35. The third-order valence-corrected chi connectivity index (χ3v) is 5.11. The Hall–Kier alpha value is -1.55. The van der Waals surface area contributed by atoms with E-state index in [2.05, 4.69) is 0 Å². The maximum absolute atomic E-state index is 12.5. The van der Waals surface area contributed by atoms with Crippen LogP contribution >= 0.6 is 11.6 Å². The topological polar surface area (TPSA) is 40.6 Å². The number of carbonyl (C=O) groups is 2. The molecule has 4 nitrogen and oxygen atoms in total. The highest BCUT2D eigenvalue weighted by molar-refractivity contribution is 6.30. The molecule has 1 aromatic carbocycles. The van der Waals surface area contributed by atoms with E-state index < -0.39 is 0 Å². The minimum Gasteiger partial charge on any atom is -0.342 e. The third-order valence-electron chi connectivity index (χ3n) is 4.87. The van der Waals surface area contributed by atoms with Crippen LogP contribution in [0, 0.1) is 5.92 Å². The Morgan fingerprint density at radius 2 is 1.65 bits per heavy atom. The zero-order chi connectivity index (χ0) is 16.2. The lowest BCUT2D eigenvalue weighted by molar-refractivity contribution is -0.137. The molecule has 0 N–H and O–H groups in total. The van der Waals surface area contributed by atoms with Crippen molar-refractivity contribution in [2.75, 3.05) is 26.2 Å². The molecule has 2 aliphatic rings. The van der Waals surface area contributed by atoms with Crippen LogP contribution in [-0.4, -0.2) is 47.8 Å². The average molecular weight is 335 g/mol. The zero-order valence-electron chi connectivity index (χ0n) is 13.3. The number of hydrogen-bond donors (Lipinski definition) is 0. The van der Waals surface area contributed by atoms with Gasteiger partial charge in [-0.3, -0.25) is 9.59 Å². The van der Waals surface area contributed by atoms with Gasteiger partial charge in [-0.2, -0.15) is 0 Å². The van der Waals surface area contributed by atoms with Gasteiger partial charge in [0.15, 0.2) is 0 Å². The van der Waals surface area contributed by atoms with Crippen LogP contribution in [-0.2, 0) is 4.79 Å². The smallest absolute Gasteiger partial charge is 0.253 e. The summed E-state index contributed by atoms with van der Waals surface area (Å²) in [6, 6.07) is 7.05. The molecule has 0 saturated carbocycles. The Labute approximate surface area is 142 Å². The minimum absolute atomic E-state index is 0.0105. The van der Waals surface area contributed by atoms with E-state index in [0.29, 0.717) is 29.6 Å². The van der Waals surface area contributed by atoms with Crippen molar-refractivity contribution in [2.45, 2.75) is 32.1 Å². The molecule has 124 valence electrons. The van der Waals surface area contributed by atoms with Crippen molar-refractivity contribution in [3.8, 4) is 0 Å². The lowest BCUT2D eigenvalue weighted by atomic mass is 9.94. The van der Waals surface area contributed by atoms with E-state index in [1.807, 2.05) is 9.80 Å². The van der Waals surface area contributed by atoms with E-state index in [-0.39, 0.29) is 11.8 Å². The fourth-order valence-electron chi connectivity index (χ4n) is 3.51. The van der Waals surface area contributed by atoms with Crippen LogP contribution in [0.4, 0.5) is 0 Å². The third kappa shape index (κ3) is 3.86. The molecule has 23 heavy (non-hydrogen) atoms. The Bertz CT molecular complexity index is 576. The summed E-state index contributed by atoms with van der Waals surface area (Å²) in [5.41, 5.74) is 0.623. The van der Waals surface area contributed by atoms with Crippen LogP contribution in [0.25, 0.3) is 0 Å². The van der Waals surface area contributed by atoms with E-state index >= 15 is 0 Å². The molecule has 1 aromatic rings. The van der Waals surface area contributed by atoms with Gasteiger partial charge in [0.05, 0.1) is 0 Å². The van der Waals surface area contributed by atoms with Crippen molar-refractivity contribution in [1.29, 1.82) is 0 Å². The van der Waals surface area contributed by atoms with Crippen molar-refractivity contribution in [1.82, 2.24) is 9.80 Å². The molecule has 0 aromatic heterocycles. The van der Waals surface area contributed by atoms with Gasteiger partial charge in [0, 0.05) is 42.7 Å². The van der Waals surface area contributed by atoms with Crippen LogP contribution < -0.4 is 0 Å². The summed E-state index contributed by atoms with van der Waals surface area (Å²) in [7, 11) is 0. The fraction of sp³-hybridized carbons (Fsp3) is 0.556. The largest absolute Gasteiger partial charge is 0.342 e. The van der Waals surface area contributed by atoms with Gasteiger partial charge in [-0.1, -0.05) is 17.7 Å². The predicted octanol–water partition coefficient (Wildman–Crippen LogP) is 3.20. The van der Waals surface area contributed by atoms with Crippen LogP contribution in [0.3, 0.4) is 0 Å². The molecular formula is C18H23ClN2O2. The maximum Gasteiger partial charge on any atom is 0.253 e. The van der Waals surface area contributed by atoms with Crippen LogP contribution in [0.5, 0.6) is 0 Å². The Balaban J connectivity index is 1.55. The predicted molar refractivity (Wildman–Crippen MR) is 90.5 cm³/mol. The number of hydrogen-bond acceptors (Lipinski definition) is 2. The lowest BCUT2D eigenvalue weighted by Crippen LogP contribution is -2.45. The summed E-state index contributed by atoms with van der Waals surface area (Å²) in [5, 5.41) is 0.575. The molecule has 2 amide bonds. The minimum atomic E-state index is 0.0105. The van der Waals surface area contributed by atoms with E-state index in [0.717, 1.165) is 38.8 Å². The number of piperidine rings is 2. The first-order valence-corrected chi connectivity index (χ1v) is 8.86. The second-order valence-corrected chi connectivity index (χ2v) is 6.90. The highest BCUT2D eigenvalue weighted by Crippen LogP contribution is 2.23. The van der Waals surface area contributed by atoms with Crippen molar-refractivity contribution < 1.29 is 9.59 Å². The van der Waals surface area contributed by atoms with Crippen molar-refractivity contribution >= 4 is 23.4 Å². The Morgan fingerprint density at radius 1 is 0.957 bits per heavy atom. The standard InChI is InChI=1S/C18H23ClN2O2/c19-16-6-4-5-15(13-16)18(23)21-11-7-14(8-12-21)17(22)20-9-2-1-3-10-20/h4-6,13-14H,1-3,7-12H2. The van der Waals surface area contributed by atoms with Crippen LogP contribution in [0.15, 0.2) is 24.3 Å². The molecule has 2 aliphatic heterocycles. The molecule has 5 heteroatoms. The van der Waals surface area contributed by atoms with E-state index in [1.165, 1.54) is 6.42 Å². The van der Waals surface area contributed by atoms with Gasteiger partial charge >= 0.3 is 0 Å². The van der Waals surface area contributed by atoms with Gasteiger partial charge in [-0.05, 0) is 50.3 Å². The number of carbonyl (C=O) groups excluding carboxylic acids is 2. The quantitative estimate of drug-likeness (QED) is 0.833. The second-order valence-electron chi connectivity index (χ2n) is 6.46. The molecule has 0 aliphatic carbocycles. The SMILES string of the molecule is O=C(c1cccc(Cl)c1)N1CCC(C(=O)N2CCCCC2)CC1. The molecule has 3 rings (SSSR count). The molecule has 0 spiro atoms. The van der Waals surface area contributed by atoms with Gasteiger partial charge in [0.25, 0.3) is 5.91 Å². The molecular weight excluding hydrogens is 312 g/mol. The summed E-state index contributed by atoms with van der Waals surface area (Å²) in [6.07, 6.45) is 5.01. The van der Waals surface area contributed by atoms with E-state index in [4.69, 9.17) is 11.6 Å². The first-order valence-electron chi connectivity index (χ1n) is 8.49. The highest BCUT2D eigenvalue weighted by Gasteiger charge is 2.30. The molecule has 0 atom stereocenters. The summed E-state index contributed by atoms with van der Waals surface area (Å²) < 4.78 is 0. The van der Waals surface area contributed by atoms with Gasteiger partial charge in [0.1, 0.15) is 0 Å². The monoisotopic (exact) mass is 334 g/mol. The van der Waals surface area contributed by atoms with Gasteiger partial charge in [-0.15, -0.1) is 0 Å². The van der Waals surface area contributed by atoms with Gasteiger partial charge < -0.3 is 9.80 Å². The summed E-state index contributed by atoms with van der Waals surface area (Å²) in [4.78, 5) is 28.9. The van der Waals surface area contributed by atoms with Crippen LogP contribution in [0.2, 0.25) is 5.02 Å². The number of nitrogens with zero attached hydrogens (tertiary/aromatic N) is 2. The first-order chi connectivity index (χ1) is 11.1. The normalized spacial score (nSPS) is 19.7. The summed E-state index contributed by atoms with van der Waals surface area (Å²) in [6.45, 7) is 3.10. The number of likely N-dealkylation sites (tertiary alicyclic amines) is 2. The van der Waals surface area contributed by atoms with Crippen LogP contribution in [0.1, 0.15) is 42.5 Å². The summed E-state index contributed by atoms with van der Waals surface area (Å²) >= 11 is 5.96. The fourth-order valence-corrected chi connectivity index (χ4v) is 3.70. The van der Waals surface area contributed by atoms with E-state index in [1.54, 1.807) is 24.3 Å². The molecule has 0 unspecified atom stereocenters. The molecule has 2 saturated heterocycles. The van der Waals surface area contributed by atoms with Crippen molar-refractivity contribution in [3.63, 3.8) is 0 Å². The van der Waals surface area contributed by atoms with Gasteiger partial charge in [-0.25, -0.2) is 0 Å². The van der Waals surface area contributed by atoms with Gasteiger partial charge in [0.2, 0.25) is 5.91 Å². The number of halogens is 1.